The molecule has 0 saturated carbocycles. The van der Waals surface area contributed by atoms with Crippen molar-refractivity contribution in [2.24, 2.45) is 0 Å². The SMILES string of the molecule is COc1ccc(S(=O)(=O)N[C@@H](C)C(=O)NCCCc2ccccc2)cc1. The van der Waals surface area contributed by atoms with E-state index in [1.165, 1.54) is 31.7 Å². The summed E-state index contributed by atoms with van der Waals surface area (Å²) in [5, 5.41) is 2.76. The monoisotopic (exact) mass is 376 g/mol. The summed E-state index contributed by atoms with van der Waals surface area (Å²) in [6.45, 7) is 2.01. The molecule has 2 aromatic carbocycles. The third-order valence-electron chi connectivity index (χ3n) is 3.88. The van der Waals surface area contributed by atoms with Gasteiger partial charge in [-0.2, -0.15) is 4.72 Å². The average Bonchev–Trinajstić information content (AvgIpc) is 2.65. The second-order valence-electron chi connectivity index (χ2n) is 5.90. The predicted octanol–water partition coefficient (Wildman–Crippen LogP) is 2.11. The van der Waals surface area contributed by atoms with Crippen molar-refractivity contribution in [3.8, 4) is 5.75 Å². The number of carbonyl (C=O) groups excluding carboxylic acids is 1. The molecule has 26 heavy (non-hydrogen) atoms. The lowest BCUT2D eigenvalue weighted by Crippen LogP contribution is -2.45. The molecule has 0 saturated heterocycles. The highest BCUT2D eigenvalue weighted by Gasteiger charge is 2.21. The molecule has 0 aromatic heterocycles. The Morgan fingerprint density at radius 3 is 2.35 bits per heavy atom. The van der Waals surface area contributed by atoms with E-state index in [1.807, 2.05) is 30.3 Å². The quantitative estimate of drug-likeness (QED) is 0.657. The Morgan fingerprint density at radius 1 is 1.08 bits per heavy atom. The number of benzene rings is 2. The van der Waals surface area contributed by atoms with Gasteiger partial charge in [-0.25, -0.2) is 8.42 Å². The van der Waals surface area contributed by atoms with Crippen LogP contribution in [-0.2, 0) is 21.2 Å². The largest absolute Gasteiger partial charge is 0.497 e. The van der Waals surface area contributed by atoms with Gasteiger partial charge in [0.15, 0.2) is 0 Å². The molecule has 2 aromatic rings. The third-order valence-corrected chi connectivity index (χ3v) is 5.44. The smallest absolute Gasteiger partial charge is 0.241 e. The molecule has 0 unspecified atom stereocenters. The van der Waals surface area contributed by atoms with E-state index in [1.54, 1.807) is 12.1 Å². The molecule has 140 valence electrons. The number of ether oxygens (including phenoxy) is 1. The van der Waals surface area contributed by atoms with Crippen molar-refractivity contribution in [2.45, 2.75) is 30.7 Å². The molecule has 0 aliphatic heterocycles. The van der Waals surface area contributed by atoms with Gasteiger partial charge in [-0.05, 0) is 49.6 Å². The fourth-order valence-corrected chi connectivity index (χ4v) is 3.61. The van der Waals surface area contributed by atoms with Gasteiger partial charge in [-0.3, -0.25) is 4.79 Å². The Hall–Kier alpha value is -2.38. The molecule has 0 heterocycles. The Bertz CT molecular complexity index is 805. The first-order valence-corrected chi connectivity index (χ1v) is 9.89. The van der Waals surface area contributed by atoms with Crippen LogP contribution in [0.4, 0.5) is 0 Å². The first-order valence-electron chi connectivity index (χ1n) is 8.40. The zero-order valence-corrected chi connectivity index (χ0v) is 15.8. The van der Waals surface area contributed by atoms with Crippen LogP contribution < -0.4 is 14.8 Å². The fraction of sp³-hybridized carbons (Fsp3) is 0.316. The second kappa shape index (κ2) is 9.35. The van der Waals surface area contributed by atoms with Crippen molar-refractivity contribution < 1.29 is 17.9 Å². The van der Waals surface area contributed by atoms with E-state index in [0.29, 0.717) is 12.3 Å². The van der Waals surface area contributed by atoms with E-state index in [-0.39, 0.29) is 10.8 Å². The van der Waals surface area contributed by atoms with Crippen LogP contribution in [0.25, 0.3) is 0 Å². The molecule has 0 aliphatic rings. The van der Waals surface area contributed by atoms with Gasteiger partial charge in [0, 0.05) is 6.54 Å². The van der Waals surface area contributed by atoms with Crippen LogP contribution in [0, 0.1) is 0 Å². The van der Waals surface area contributed by atoms with Crippen LogP contribution in [0.1, 0.15) is 18.9 Å². The predicted molar refractivity (Wildman–Crippen MR) is 101 cm³/mol. The first-order chi connectivity index (χ1) is 12.4. The number of rotatable bonds is 9. The van der Waals surface area contributed by atoms with Crippen LogP contribution in [0.2, 0.25) is 0 Å². The van der Waals surface area contributed by atoms with Crippen molar-refractivity contribution >= 4 is 15.9 Å². The van der Waals surface area contributed by atoms with Gasteiger partial charge in [0.2, 0.25) is 15.9 Å². The summed E-state index contributed by atoms with van der Waals surface area (Å²) in [6.07, 6.45) is 1.64. The number of amides is 1. The Labute approximate surface area is 154 Å². The topological polar surface area (TPSA) is 84.5 Å². The van der Waals surface area contributed by atoms with Gasteiger partial charge < -0.3 is 10.1 Å². The summed E-state index contributed by atoms with van der Waals surface area (Å²) in [5.41, 5.74) is 1.20. The molecule has 2 N–H and O–H groups in total. The average molecular weight is 376 g/mol. The molecule has 0 aliphatic carbocycles. The van der Waals surface area contributed by atoms with Gasteiger partial charge >= 0.3 is 0 Å². The molecule has 0 fully saturated rings. The second-order valence-corrected chi connectivity index (χ2v) is 7.61. The lowest BCUT2D eigenvalue weighted by Gasteiger charge is -2.14. The number of aryl methyl sites for hydroxylation is 1. The van der Waals surface area contributed by atoms with Gasteiger partial charge in [-0.15, -0.1) is 0 Å². The van der Waals surface area contributed by atoms with Crippen molar-refractivity contribution in [2.75, 3.05) is 13.7 Å². The lowest BCUT2D eigenvalue weighted by atomic mass is 10.1. The molecule has 7 heteroatoms. The first kappa shape index (κ1) is 19.9. The van der Waals surface area contributed by atoms with E-state index in [0.717, 1.165) is 12.8 Å². The summed E-state index contributed by atoms with van der Waals surface area (Å²) in [7, 11) is -2.26. The van der Waals surface area contributed by atoms with Gasteiger partial charge in [0.05, 0.1) is 18.0 Å². The van der Waals surface area contributed by atoms with Gasteiger partial charge in [0.1, 0.15) is 5.75 Å². The zero-order valence-electron chi connectivity index (χ0n) is 14.9. The minimum absolute atomic E-state index is 0.0852. The summed E-state index contributed by atoms with van der Waals surface area (Å²) in [5.74, 6) is 0.211. The molecular weight excluding hydrogens is 352 g/mol. The molecule has 0 spiro atoms. The Balaban J connectivity index is 1.81. The maximum absolute atomic E-state index is 12.3. The third kappa shape index (κ3) is 5.86. The Morgan fingerprint density at radius 2 is 1.73 bits per heavy atom. The van der Waals surface area contributed by atoms with E-state index < -0.39 is 16.1 Å². The van der Waals surface area contributed by atoms with Gasteiger partial charge in [0.25, 0.3) is 0 Å². The standard InChI is InChI=1S/C19H24N2O4S/c1-15(19(22)20-14-6-9-16-7-4-3-5-8-16)21-26(23,24)18-12-10-17(25-2)11-13-18/h3-5,7-8,10-13,15,21H,6,9,14H2,1-2H3,(H,20,22)/t15-/m0/s1. The highest BCUT2D eigenvalue weighted by atomic mass is 32.2. The molecule has 0 radical (unpaired) electrons. The lowest BCUT2D eigenvalue weighted by molar-refractivity contribution is -0.122. The van der Waals surface area contributed by atoms with Crippen molar-refractivity contribution in [1.82, 2.24) is 10.0 Å². The van der Waals surface area contributed by atoms with E-state index in [9.17, 15) is 13.2 Å². The number of carbonyl (C=O) groups is 1. The van der Waals surface area contributed by atoms with E-state index >= 15 is 0 Å². The highest BCUT2D eigenvalue weighted by Crippen LogP contribution is 2.15. The minimum Gasteiger partial charge on any atom is -0.497 e. The van der Waals surface area contributed by atoms with Crippen molar-refractivity contribution in [3.63, 3.8) is 0 Å². The number of hydrogen-bond acceptors (Lipinski definition) is 4. The van der Waals surface area contributed by atoms with Crippen LogP contribution in [0.15, 0.2) is 59.5 Å². The number of sulfonamides is 1. The summed E-state index contributed by atoms with van der Waals surface area (Å²) in [6, 6.07) is 15.1. The van der Waals surface area contributed by atoms with Crippen LogP contribution in [0.3, 0.4) is 0 Å². The normalized spacial score (nSPS) is 12.4. The van der Waals surface area contributed by atoms with Crippen molar-refractivity contribution in [1.29, 1.82) is 0 Å². The summed E-state index contributed by atoms with van der Waals surface area (Å²) in [4.78, 5) is 12.2. The minimum atomic E-state index is -3.77. The van der Waals surface area contributed by atoms with Gasteiger partial charge in [-0.1, -0.05) is 30.3 Å². The highest BCUT2D eigenvalue weighted by molar-refractivity contribution is 7.89. The number of nitrogens with one attached hydrogen (secondary N) is 2. The zero-order chi connectivity index (χ0) is 19.0. The molecule has 6 nitrogen and oxygen atoms in total. The molecule has 1 amide bonds. The number of hydrogen-bond donors (Lipinski definition) is 2. The van der Waals surface area contributed by atoms with Crippen LogP contribution in [-0.4, -0.2) is 34.0 Å². The maximum Gasteiger partial charge on any atom is 0.241 e. The van der Waals surface area contributed by atoms with E-state index in [2.05, 4.69) is 10.0 Å². The molecular formula is C19H24N2O4S. The van der Waals surface area contributed by atoms with Crippen molar-refractivity contribution in [3.05, 3.63) is 60.2 Å². The number of methoxy groups -OCH3 is 1. The fourth-order valence-electron chi connectivity index (χ4n) is 2.41. The van der Waals surface area contributed by atoms with E-state index in [4.69, 9.17) is 4.74 Å². The summed E-state index contributed by atoms with van der Waals surface area (Å²) < 4.78 is 32.1. The van der Waals surface area contributed by atoms with Crippen LogP contribution >= 0.6 is 0 Å². The molecule has 1 atom stereocenters. The summed E-state index contributed by atoms with van der Waals surface area (Å²) >= 11 is 0. The molecule has 0 bridgehead atoms. The maximum atomic E-state index is 12.3. The van der Waals surface area contributed by atoms with Crippen LogP contribution in [0.5, 0.6) is 5.75 Å². The molecule has 2 rings (SSSR count). The Kier molecular flexibility index (Phi) is 7.17.